The fourth-order valence-electron chi connectivity index (χ4n) is 2.51. The lowest BCUT2D eigenvalue weighted by molar-refractivity contribution is 0.0600. The SMILES string of the molecule is COC(=O)c1cccc(Nc2ccnc(C(=O)Nc3ccc(OC)cc3)c2)c1. The first-order valence-electron chi connectivity index (χ1n) is 8.46. The maximum absolute atomic E-state index is 12.5. The van der Waals surface area contributed by atoms with Crippen molar-refractivity contribution in [2.75, 3.05) is 24.9 Å². The van der Waals surface area contributed by atoms with Gasteiger partial charge in [0.2, 0.25) is 0 Å². The first-order valence-corrected chi connectivity index (χ1v) is 8.46. The lowest BCUT2D eigenvalue weighted by Gasteiger charge is -2.10. The lowest BCUT2D eigenvalue weighted by atomic mass is 10.2. The minimum Gasteiger partial charge on any atom is -0.497 e. The summed E-state index contributed by atoms with van der Waals surface area (Å²) in [5.41, 5.74) is 2.67. The number of hydrogen-bond donors (Lipinski definition) is 2. The van der Waals surface area contributed by atoms with Crippen molar-refractivity contribution in [2.45, 2.75) is 0 Å². The van der Waals surface area contributed by atoms with Gasteiger partial charge in [-0.15, -0.1) is 0 Å². The molecule has 3 aromatic rings. The summed E-state index contributed by atoms with van der Waals surface area (Å²) in [5, 5.41) is 5.94. The Kier molecular flexibility index (Phi) is 5.86. The van der Waals surface area contributed by atoms with E-state index in [1.807, 2.05) is 6.07 Å². The van der Waals surface area contributed by atoms with Crippen molar-refractivity contribution in [1.82, 2.24) is 4.98 Å². The number of anilines is 3. The van der Waals surface area contributed by atoms with Crippen LogP contribution in [0.15, 0.2) is 66.9 Å². The molecule has 28 heavy (non-hydrogen) atoms. The molecule has 0 bridgehead atoms. The Morgan fingerprint density at radius 2 is 1.64 bits per heavy atom. The Hall–Kier alpha value is -3.87. The van der Waals surface area contributed by atoms with E-state index < -0.39 is 5.97 Å². The van der Waals surface area contributed by atoms with Crippen molar-refractivity contribution < 1.29 is 19.1 Å². The number of benzene rings is 2. The van der Waals surface area contributed by atoms with Crippen LogP contribution in [0.1, 0.15) is 20.8 Å². The van der Waals surface area contributed by atoms with Gasteiger partial charge in [0.1, 0.15) is 11.4 Å². The average molecular weight is 377 g/mol. The first kappa shape index (κ1) is 18.9. The molecule has 1 aromatic heterocycles. The molecular weight excluding hydrogens is 358 g/mol. The highest BCUT2D eigenvalue weighted by molar-refractivity contribution is 6.03. The molecular formula is C21H19N3O4. The van der Waals surface area contributed by atoms with E-state index in [4.69, 9.17) is 9.47 Å². The quantitative estimate of drug-likeness (QED) is 0.634. The molecule has 0 atom stereocenters. The van der Waals surface area contributed by atoms with E-state index >= 15 is 0 Å². The molecule has 0 saturated carbocycles. The number of esters is 1. The minimum atomic E-state index is -0.419. The molecule has 7 nitrogen and oxygen atoms in total. The highest BCUT2D eigenvalue weighted by Crippen LogP contribution is 2.20. The van der Waals surface area contributed by atoms with E-state index in [0.29, 0.717) is 28.4 Å². The van der Waals surface area contributed by atoms with Gasteiger partial charge in [0.15, 0.2) is 0 Å². The zero-order valence-corrected chi connectivity index (χ0v) is 15.4. The minimum absolute atomic E-state index is 0.255. The summed E-state index contributed by atoms with van der Waals surface area (Å²) in [5.74, 6) is -0.0495. The molecule has 0 fully saturated rings. The van der Waals surface area contributed by atoms with Crippen molar-refractivity contribution in [3.63, 3.8) is 0 Å². The van der Waals surface area contributed by atoms with Crippen LogP contribution in [0.4, 0.5) is 17.1 Å². The number of carbonyl (C=O) groups is 2. The highest BCUT2D eigenvalue weighted by atomic mass is 16.5. The summed E-state index contributed by atoms with van der Waals surface area (Å²) >= 11 is 0. The lowest BCUT2D eigenvalue weighted by Crippen LogP contribution is -2.13. The van der Waals surface area contributed by atoms with Crippen LogP contribution < -0.4 is 15.4 Å². The number of methoxy groups -OCH3 is 2. The monoisotopic (exact) mass is 377 g/mol. The largest absolute Gasteiger partial charge is 0.497 e. The van der Waals surface area contributed by atoms with Gasteiger partial charge in [0.05, 0.1) is 19.8 Å². The van der Waals surface area contributed by atoms with Crippen LogP contribution in [-0.4, -0.2) is 31.1 Å². The van der Waals surface area contributed by atoms with Crippen molar-refractivity contribution in [3.05, 3.63) is 78.1 Å². The summed E-state index contributed by atoms with van der Waals surface area (Å²) in [6.07, 6.45) is 1.54. The number of nitrogens with one attached hydrogen (secondary N) is 2. The van der Waals surface area contributed by atoms with Gasteiger partial charge in [0.25, 0.3) is 5.91 Å². The van der Waals surface area contributed by atoms with Gasteiger partial charge in [-0.3, -0.25) is 9.78 Å². The van der Waals surface area contributed by atoms with Crippen LogP contribution in [0.2, 0.25) is 0 Å². The topological polar surface area (TPSA) is 89.5 Å². The molecule has 0 unspecified atom stereocenters. The number of carbonyl (C=O) groups excluding carboxylic acids is 2. The van der Waals surface area contributed by atoms with Gasteiger partial charge in [-0.05, 0) is 54.6 Å². The smallest absolute Gasteiger partial charge is 0.337 e. The summed E-state index contributed by atoms with van der Waals surface area (Å²) in [7, 11) is 2.91. The molecule has 142 valence electrons. The first-order chi connectivity index (χ1) is 13.6. The summed E-state index contributed by atoms with van der Waals surface area (Å²) in [6.45, 7) is 0. The van der Waals surface area contributed by atoms with E-state index in [0.717, 1.165) is 0 Å². The second kappa shape index (κ2) is 8.68. The van der Waals surface area contributed by atoms with Crippen LogP contribution in [0, 0.1) is 0 Å². The van der Waals surface area contributed by atoms with Crippen molar-refractivity contribution >= 4 is 28.9 Å². The number of rotatable bonds is 6. The van der Waals surface area contributed by atoms with E-state index in [1.54, 1.807) is 61.7 Å². The zero-order chi connectivity index (χ0) is 19.9. The molecule has 0 saturated heterocycles. The number of ether oxygens (including phenoxy) is 2. The van der Waals surface area contributed by atoms with Gasteiger partial charge in [-0.25, -0.2) is 4.79 Å². The third-order valence-electron chi connectivity index (χ3n) is 3.91. The molecule has 1 heterocycles. The highest BCUT2D eigenvalue weighted by Gasteiger charge is 2.10. The van der Waals surface area contributed by atoms with Gasteiger partial charge in [0, 0.05) is 23.3 Å². The molecule has 0 spiro atoms. The third-order valence-corrected chi connectivity index (χ3v) is 3.91. The second-order valence-corrected chi connectivity index (χ2v) is 5.81. The van der Waals surface area contributed by atoms with Crippen molar-refractivity contribution in [3.8, 4) is 5.75 Å². The number of hydrogen-bond acceptors (Lipinski definition) is 6. The molecule has 0 aliphatic rings. The zero-order valence-electron chi connectivity index (χ0n) is 15.4. The summed E-state index contributed by atoms with van der Waals surface area (Å²) < 4.78 is 9.82. The Balaban J connectivity index is 1.72. The Labute approximate surface area is 162 Å². The number of aromatic nitrogens is 1. The Morgan fingerprint density at radius 3 is 2.36 bits per heavy atom. The Bertz CT molecular complexity index is 987. The van der Waals surface area contributed by atoms with Crippen molar-refractivity contribution in [2.24, 2.45) is 0 Å². The Morgan fingerprint density at radius 1 is 0.893 bits per heavy atom. The fraction of sp³-hybridized carbons (Fsp3) is 0.0952. The van der Waals surface area contributed by atoms with Crippen LogP contribution in [0.3, 0.4) is 0 Å². The normalized spacial score (nSPS) is 10.1. The number of amides is 1. The van der Waals surface area contributed by atoms with Crippen LogP contribution in [0.5, 0.6) is 5.75 Å². The summed E-state index contributed by atoms with van der Waals surface area (Å²) in [4.78, 5) is 28.2. The molecule has 7 heteroatoms. The third kappa shape index (κ3) is 4.64. The van der Waals surface area contributed by atoms with Crippen molar-refractivity contribution in [1.29, 1.82) is 0 Å². The maximum atomic E-state index is 12.5. The number of pyridine rings is 1. The molecule has 3 rings (SSSR count). The maximum Gasteiger partial charge on any atom is 0.337 e. The molecule has 2 aromatic carbocycles. The van der Waals surface area contributed by atoms with E-state index in [2.05, 4.69) is 15.6 Å². The number of nitrogens with zero attached hydrogens (tertiary/aromatic N) is 1. The van der Waals surface area contributed by atoms with Crippen LogP contribution in [-0.2, 0) is 4.74 Å². The van der Waals surface area contributed by atoms with Gasteiger partial charge < -0.3 is 20.1 Å². The summed E-state index contributed by atoms with van der Waals surface area (Å²) in [6, 6.07) is 17.3. The van der Waals surface area contributed by atoms with Gasteiger partial charge in [-0.2, -0.15) is 0 Å². The van der Waals surface area contributed by atoms with Gasteiger partial charge >= 0.3 is 5.97 Å². The van der Waals surface area contributed by atoms with Crippen LogP contribution >= 0.6 is 0 Å². The molecule has 2 N–H and O–H groups in total. The predicted molar refractivity (Wildman–Crippen MR) is 106 cm³/mol. The molecule has 0 aliphatic carbocycles. The van der Waals surface area contributed by atoms with E-state index in [1.165, 1.54) is 13.3 Å². The van der Waals surface area contributed by atoms with Gasteiger partial charge in [-0.1, -0.05) is 6.07 Å². The predicted octanol–water partition coefficient (Wildman–Crippen LogP) is 3.87. The van der Waals surface area contributed by atoms with Crippen LogP contribution in [0.25, 0.3) is 0 Å². The molecule has 0 radical (unpaired) electrons. The second-order valence-electron chi connectivity index (χ2n) is 5.81. The van der Waals surface area contributed by atoms with E-state index in [-0.39, 0.29) is 11.6 Å². The molecule has 1 amide bonds. The molecule has 0 aliphatic heterocycles. The van der Waals surface area contributed by atoms with E-state index in [9.17, 15) is 9.59 Å². The average Bonchev–Trinajstić information content (AvgIpc) is 2.74. The fourth-order valence-corrected chi connectivity index (χ4v) is 2.51. The standard InChI is InChI=1S/C21H19N3O4/c1-27-18-8-6-15(7-9-18)24-20(25)19-13-17(10-11-22-19)23-16-5-3-4-14(12-16)21(26)28-2/h3-13H,1-2H3,(H,22,23)(H,24,25).